The van der Waals surface area contributed by atoms with E-state index in [-0.39, 0.29) is 0 Å². The molecule has 0 unspecified atom stereocenters. The van der Waals surface area contributed by atoms with Crippen molar-refractivity contribution < 1.29 is 4.79 Å². The van der Waals surface area contributed by atoms with E-state index >= 15 is 0 Å². The van der Waals surface area contributed by atoms with Gasteiger partial charge in [-0.1, -0.05) is 25.2 Å². The van der Waals surface area contributed by atoms with E-state index in [0.29, 0.717) is 5.78 Å². The number of allylic oxidation sites excluding steroid dienone is 1. The second-order valence-corrected chi connectivity index (χ2v) is 11.6. The molecular weight excluding hydrogens is 214 g/mol. The summed E-state index contributed by atoms with van der Waals surface area (Å²) in [5.74, 6) is 0.328. The molecule has 0 saturated carbocycles. The molecular formula is C13H25NOSi. The van der Waals surface area contributed by atoms with Gasteiger partial charge in [0.15, 0.2) is 5.78 Å². The molecule has 1 rings (SSSR count). The molecule has 92 valence electrons. The lowest BCUT2D eigenvalue weighted by Gasteiger charge is -2.25. The topological polar surface area (TPSA) is 20.3 Å². The Morgan fingerprint density at radius 3 is 2.56 bits per heavy atom. The minimum absolute atomic E-state index is 0.328. The number of ketones is 1. The molecule has 0 spiro atoms. The largest absolute Gasteiger partial charge is 0.309 e. The maximum atomic E-state index is 11.3. The zero-order valence-electron chi connectivity index (χ0n) is 11.2. The molecule has 0 radical (unpaired) electrons. The van der Waals surface area contributed by atoms with Crippen molar-refractivity contribution in [2.45, 2.75) is 45.3 Å². The standard InChI is InChI=1S/C13H25NOSi/c1-14(11-16(2,3)4)9-8-12-6-5-7-13(15)10-12/h10H,5-9,11H2,1-4H3. The first-order valence-electron chi connectivity index (χ1n) is 6.28. The number of carbonyl (C=O) groups is 1. The minimum atomic E-state index is -0.981. The summed E-state index contributed by atoms with van der Waals surface area (Å²) in [5.41, 5.74) is 1.36. The molecule has 0 aromatic heterocycles. The third-order valence-corrected chi connectivity index (χ3v) is 4.33. The Hall–Kier alpha value is -0.413. The fourth-order valence-corrected chi connectivity index (χ4v) is 4.06. The van der Waals surface area contributed by atoms with Gasteiger partial charge in [-0.05, 0) is 38.6 Å². The lowest BCUT2D eigenvalue weighted by Crippen LogP contribution is -2.38. The van der Waals surface area contributed by atoms with Crippen LogP contribution in [0, 0.1) is 0 Å². The number of hydrogen-bond acceptors (Lipinski definition) is 2. The Morgan fingerprint density at radius 1 is 1.31 bits per heavy atom. The normalized spacial score (nSPS) is 17.8. The molecule has 0 aromatic carbocycles. The van der Waals surface area contributed by atoms with E-state index in [0.717, 1.165) is 32.2 Å². The van der Waals surface area contributed by atoms with Crippen molar-refractivity contribution in [3.05, 3.63) is 11.6 Å². The van der Waals surface area contributed by atoms with Gasteiger partial charge in [0.1, 0.15) is 0 Å². The first kappa shape index (κ1) is 13.7. The molecule has 0 atom stereocenters. The van der Waals surface area contributed by atoms with Crippen LogP contribution in [0.25, 0.3) is 0 Å². The van der Waals surface area contributed by atoms with Crippen LogP contribution in [-0.2, 0) is 4.79 Å². The van der Waals surface area contributed by atoms with Gasteiger partial charge in [0.25, 0.3) is 0 Å². The smallest absolute Gasteiger partial charge is 0.155 e. The maximum absolute atomic E-state index is 11.3. The van der Waals surface area contributed by atoms with Crippen LogP contribution in [0.3, 0.4) is 0 Å². The van der Waals surface area contributed by atoms with Crippen LogP contribution in [0.2, 0.25) is 19.6 Å². The summed E-state index contributed by atoms with van der Waals surface area (Å²) in [7, 11) is 1.22. The van der Waals surface area contributed by atoms with Crippen LogP contribution in [-0.4, -0.2) is 38.5 Å². The Balaban J connectivity index is 2.31. The van der Waals surface area contributed by atoms with Crippen molar-refractivity contribution in [1.82, 2.24) is 4.90 Å². The molecule has 0 amide bonds. The molecule has 0 bridgehead atoms. The molecule has 2 nitrogen and oxygen atoms in total. The summed E-state index contributed by atoms with van der Waals surface area (Å²) in [6.45, 7) is 8.29. The fourth-order valence-electron chi connectivity index (χ4n) is 2.28. The summed E-state index contributed by atoms with van der Waals surface area (Å²) in [6.07, 6.45) is 7.15. The third-order valence-electron chi connectivity index (χ3n) is 2.85. The third kappa shape index (κ3) is 5.61. The Bertz CT molecular complexity index is 278. The Labute approximate surface area is 101 Å². The summed E-state index contributed by atoms with van der Waals surface area (Å²) in [5, 5.41) is 0. The minimum Gasteiger partial charge on any atom is -0.309 e. The van der Waals surface area contributed by atoms with Gasteiger partial charge >= 0.3 is 0 Å². The van der Waals surface area contributed by atoms with E-state index in [1.165, 1.54) is 11.7 Å². The lowest BCUT2D eigenvalue weighted by molar-refractivity contribution is -0.115. The van der Waals surface area contributed by atoms with Gasteiger partial charge in [-0.15, -0.1) is 0 Å². The highest BCUT2D eigenvalue weighted by atomic mass is 28.3. The monoisotopic (exact) mass is 239 g/mol. The number of carbonyl (C=O) groups excluding carboxylic acids is 1. The predicted octanol–water partition coefficient (Wildman–Crippen LogP) is 2.87. The highest BCUT2D eigenvalue weighted by Gasteiger charge is 2.16. The first-order valence-corrected chi connectivity index (χ1v) is 9.98. The summed E-state index contributed by atoms with van der Waals surface area (Å²) in [6, 6.07) is 0. The fraction of sp³-hybridized carbons (Fsp3) is 0.769. The first-order chi connectivity index (χ1) is 7.37. The summed E-state index contributed by atoms with van der Waals surface area (Å²) < 4.78 is 0. The lowest BCUT2D eigenvalue weighted by atomic mass is 9.96. The van der Waals surface area contributed by atoms with Crippen LogP contribution in [0.5, 0.6) is 0 Å². The van der Waals surface area contributed by atoms with Crippen LogP contribution in [0.4, 0.5) is 0 Å². The van der Waals surface area contributed by atoms with Crippen molar-refractivity contribution in [3.63, 3.8) is 0 Å². The number of rotatable bonds is 5. The predicted molar refractivity (Wildman–Crippen MR) is 72.4 cm³/mol. The highest BCUT2D eigenvalue weighted by molar-refractivity contribution is 6.76. The van der Waals surface area contributed by atoms with Crippen molar-refractivity contribution in [3.8, 4) is 0 Å². The Kier molecular flexibility index (Phi) is 4.93. The average molecular weight is 239 g/mol. The van der Waals surface area contributed by atoms with E-state index in [2.05, 4.69) is 31.6 Å². The zero-order chi connectivity index (χ0) is 12.2. The van der Waals surface area contributed by atoms with Gasteiger partial charge in [0.2, 0.25) is 0 Å². The van der Waals surface area contributed by atoms with Crippen LogP contribution in [0.15, 0.2) is 11.6 Å². The summed E-state index contributed by atoms with van der Waals surface area (Å²) >= 11 is 0. The maximum Gasteiger partial charge on any atom is 0.155 e. The quantitative estimate of drug-likeness (QED) is 0.688. The van der Waals surface area contributed by atoms with Gasteiger partial charge in [-0.2, -0.15) is 0 Å². The van der Waals surface area contributed by atoms with Crippen LogP contribution < -0.4 is 0 Å². The average Bonchev–Trinajstić information content (AvgIpc) is 2.12. The van der Waals surface area contributed by atoms with Crippen molar-refractivity contribution in [2.24, 2.45) is 0 Å². The zero-order valence-corrected chi connectivity index (χ0v) is 12.2. The number of hydrogen-bond donors (Lipinski definition) is 0. The molecule has 0 N–H and O–H groups in total. The van der Waals surface area contributed by atoms with Gasteiger partial charge in [-0.3, -0.25) is 4.79 Å². The molecule has 1 aliphatic rings. The van der Waals surface area contributed by atoms with Gasteiger partial charge in [-0.25, -0.2) is 0 Å². The second kappa shape index (κ2) is 5.78. The van der Waals surface area contributed by atoms with Gasteiger partial charge < -0.3 is 4.90 Å². The van der Waals surface area contributed by atoms with E-state index in [1.54, 1.807) is 0 Å². The van der Waals surface area contributed by atoms with E-state index in [1.807, 2.05) is 6.08 Å². The molecule has 0 aliphatic heterocycles. The van der Waals surface area contributed by atoms with E-state index < -0.39 is 8.07 Å². The van der Waals surface area contributed by atoms with Gasteiger partial charge in [0.05, 0.1) is 8.07 Å². The van der Waals surface area contributed by atoms with Crippen LogP contribution in [0.1, 0.15) is 25.7 Å². The van der Waals surface area contributed by atoms with Gasteiger partial charge in [0, 0.05) is 13.0 Å². The molecule has 1 aliphatic carbocycles. The molecule has 0 heterocycles. The van der Waals surface area contributed by atoms with Crippen molar-refractivity contribution in [1.29, 1.82) is 0 Å². The highest BCUT2D eigenvalue weighted by Crippen LogP contribution is 2.18. The molecule has 0 aromatic rings. The Morgan fingerprint density at radius 2 is 2.00 bits per heavy atom. The van der Waals surface area contributed by atoms with Crippen molar-refractivity contribution >= 4 is 13.9 Å². The molecule has 3 heteroatoms. The van der Waals surface area contributed by atoms with E-state index in [4.69, 9.17) is 0 Å². The van der Waals surface area contributed by atoms with Crippen molar-refractivity contribution in [2.75, 3.05) is 19.8 Å². The SMILES string of the molecule is CN(CCC1=CC(=O)CCC1)C[Si](C)(C)C. The molecule has 0 fully saturated rings. The van der Waals surface area contributed by atoms with Crippen LogP contribution >= 0.6 is 0 Å². The van der Waals surface area contributed by atoms with E-state index in [9.17, 15) is 4.79 Å². The molecule has 0 saturated heterocycles. The summed E-state index contributed by atoms with van der Waals surface area (Å²) in [4.78, 5) is 13.7. The molecule has 16 heavy (non-hydrogen) atoms. The number of nitrogens with zero attached hydrogens (tertiary/aromatic N) is 1. The second-order valence-electron chi connectivity index (χ2n) is 6.17.